The summed E-state index contributed by atoms with van der Waals surface area (Å²) >= 11 is 0. The smallest absolute Gasteiger partial charge is 0.393 e. The number of aromatic nitrogens is 2. The van der Waals surface area contributed by atoms with E-state index in [9.17, 15) is 0 Å². The van der Waals surface area contributed by atoms with Crippen LogP contribution in [0.2, 0.25) is 0 Å². The summed E-state index contributed by atoms with van der Waals surface area (Å²) in [5.74, 6) is 27.9. The van der Waals surface area contributed by atoms with E-state index in [-0.39, 0.29) is 0 Å². The topological polar surface area (TPSA) is 22.4 Å². The highest BCUT2D eigenvalue weighted by Crippen LogP contribution is 2.46. The zero-order chi connectivity index (χ0) is 65.2. The van der Waals surface area contributed by atoms with Crippen molar-refractivity contribution in [2.75, 3.05) is 36.0 Å². The van der Waals surface area contributed by atoms with Gasteiger partial charge in [-0.3, -0.25) is 0 Å². The third-order valence-electron chi connectivity index (χ3n) is 18.3. The van der Waals surface area contributed by atoms with Gasteiger partial charge >= 0.3 is 13.9 Å². The maximum absolute atomic E-state index is 16.6. The minimum atomic E-state index is -4.12. The highest BCUT2D eigenvalue weighted by molar-refractivity contribution is 6.59. The standard InChI is InChI=1S/C80H82B2F4N6/c1-13-17-45-87(46-18-14-2)73-41-29-65(30-42-73)27-39-71-53-70(38-26-64-23-35-68(36-24-64)76-79-57(7)51-61(11)91(79)82(85,86)92-62(12)52-58(8)80(76)92)72(40-28-66-31-43-74(44-32-66)88(47-19-15-3)48-20-16-4)54-69(71)37-25-63-21-33-67(34-22-63)75-77-55(5)49-59(9)89(77)81(83,84)90-60(10)50-56(6)78(75)90/h21-24,29-36,41-44,49-54H,13-20,45-48H2,1-12H3. The van der Waals surface area contributed by atoms with Crippen LogP contribution >= 0.6 is 0 Å². The molecule has 0 spiro atoms. The van der Waals surface area contributed by atoms with Crippen molar-refractivity contribution in [3.8, 4) is 47.4 Å². The molecule has 0 atom stereocenters. The highest BCUT2D eigenvalue weighted by Gasteiger charge is 2.56. The number of hydrogen-bond donors (Lipinski definition) is 0. The maximum Gasteiger partial charge on any atom is 0.737 e. The Morgan fingerprint density at radius 1 is 0.380 bits per heavy atom. The van der Waals surface area contributed by atoms with E-state index in [2.05, 4.69) is 133 Å². The van der Waals surface area contributed by atoms with Crippen molar-refractivity contribution >= 4 is 47.9 Å². The third-order valence-corrected chi connectivity index (χ3v) is 18.3. The van der Waals surface area contributed by atoms with Gasteiger partial charge in [-0.25, -0.2) is 0 Å². The second-order valence-electron chi connectivity index (χ2n) is 25.3. The van der Waals surface area contributed by atoms with Crippen molar-refractivity contribution in [2.24, 2.45) is 0 Å². The van der Waals surface area contributed by atoms with Crippen molar-refractivity contribution < 1.29 is 26.2 Å². The highest BCUT2D eigenvalue weighted by atomic mass is 19.3. The van der Waals surface area contributed by atoms with Gasteiger partial charge in [-0.1, -0.05) is 125 Å². The van der Waals surface area contributed by atoms with E-state index in [0.717, 1.165) is 144 Å². The lowest BCUT2D eigenvalue weighted by Crippen LogP contribution is -2.51. The molecule has 5 aromatic carbocycles. The number of halogens is 4. The molecule has 6 heterocycles. The van der Waals surface area contributed by atoms with E-state index in [1.807, 2.05) is 113 Å². The summed E-state index contributed by atoms with van der Waals surface area (Å²) in [5.41, 5.74) is 18.8. The van der Waals surface area contributed by atoms with Gasteiger partial charge in [0.25, 0.3) is 0 Å². The van der Waals surface area contributed by atoms with Crippen LogP contribution in [0.15, 0.2) is 156 Å². The number of allylic oxidation sites excluding steroid dienone is 4. The lowest BCUT2D eigenvalue weighted by Gasteiger charge is -2.34. The minimum Gasteiger partial charge on any atom is -0.393 e. The van der Waals surface area contributed by atoms with Crippen LogP contribution < -0.4 is 9.80 Å². The number of rotatable bonds is 16. The Labute approximate surface area is 543 Å². The molecule has 0 N–H and O–H groups in total. The van der Waals surface area contributed by atoms with Crippen LogP contribution in [0.1, 0.15) is 196 Å². The van der Waals surface area contributed by atoms with E-state index in [1.54, 1.807) is 27.7 Å². The Balaban J connectivity index is 1.03. The monoisotopic (exact) mass is 1220 g/mol. The molecule has 4 aliphatic rings. The number of unbranched alkanes of at least 4 members (excludes halogenated alkanes) is 4. The molecule has 6 nitrogen and oxygen atoms in total. The molecular formula is C80H82B2F4N6. The number of nitrogens with zero attached hydrogens (tertiary/aromatic N) is 6. The molecule has 0 radical (unpaired) electrons. The molecule has 7 aromatic rings. The lowest BCUT2D eigenvalue weighted by molar-refractivity contribution is -0.364. The predicted molar refractivity (Wildman–Crippen MR) is 376 cm³/mol. The van der Waals surface area contributed by atoms with Gasteiger partial charge in [0.05, 0.1) is 11.1 Å². The van der Waals surface area contributed by atoms with E-state index in [0.29, 0.717) is 67.8 Å². The van der Waals surface area contributed by atoms with Crippen LogP contribution in [0.5, 0.6) is 0 Å². The molecule has 0 bridgehead atoms. The van der Waals surface area contributed by atoms with Gasteiger partial charge in [-0.05, 0) is 198 Å². The Bertz CT molecular complexity index is 4230. The molecule has 11 rings (SSSR count). The van der Waals surface area contributed by atoms with Gasteiger partial charge in [-0.15, -0.1) is 0 Å². The molecule has 0 unspecified atom stereocenters. The molecular weight excluding hydrogens is 1140 g/mol. The minimum absolute atomic E-state index is 0.516. The Hall–Kier alpha value is -9.35. The first-order valence-electron chi connectivity index (χ1n) is 33.0. The number of aryl methyl sites for hydroxylation is 4. The van der Waals surface area contributed by atoms with Gasteiger partial charge in [0.15, 0.2) is 11.4 Å². The van der Waals surface area contributed by atoms with E-state index in [1.165, 1.54) is 29.3 Å². The van der Waals surface area contributed by atoms with Gasteiger partial charge in [0.1, 0.15) is 11.4 Å². The van der Waals surface area contributed by atoms with Crippen molar-refractivity contribution in [3.63, 3.8) is 0 Å². The molecule has 0 fully saturated rings. The van der Waals surface area contributed by atoms with Crippen LogP contribution in [0.4, 0.5) is 28.6 Å². The maximum atomic E-state index is 16.6. The summed E-state index contributed by atoms with van der Waals surface area (Å²) in [6.07, 6.45) is 12.7. The zero-order valence-corrected chi connectivity index (χ0v) is 55.5. The van der Waals surface area contributed by atoms with Crippen molar-refractivity contribution in [1.29, 1.82) is 0 Å². The molecule has 0 saturated carbocycles. The van der Waals surface area contributed by atoms with Crippen molar-refractivity contribution in [3.05, 3.63) is 246 Å². The first kappa shape index (κ1) is 64.2. The van der Waals surface area contributed by atoms with Crippen molar-refractivity contribution in [1.82, 2.24) is 8.96 Å². The first-order valence-corrected chi connectivity index (χ1v) is 33.0. The van der Waals surface area contributed by atoms with Crippen LogP contribution in [0, 0.1) is 75.1 Å². The second-order valence-corrected chi connectivity index (χ2v) is 25.3. The largest absolute Gasteiger partial charge is 0.737 e. The summed E-state index contributed by atoms with van der Waals surface area (Å²) in [6, 6.07) is 40.5. The Morgan fingerprint density at radius 2 is 0.663 bits per heavy atom. The number of benzene rings is 5. The summed E-state index contributed by atoms with van der Waals surface area (Å²) in [5, 5.41) is 0. The van der Waals surface area contributed by atoms with Gasteiger partial charge in [0.2, 0.25) is 0 Å². The molecule has 0 saturated heterocycles. The number of hydrogen-bond acceptors (Lipinski definition) is 2. The normalized spacial score (nSPS) is 14.8. The van der Waals surface area contributed by atoms with Gasteiger partial charge in [0, 0.05) is 131 Å². The molecule has 4 aliphatic heterocycles. The summed E-state index contributed by atoms with van der Waals surface area (Å²) in [4.78, 5) is 4.94. The summed E-state index contributed by atoms with van der Waals surface area (Å²) < 4.78 is 71.2. The van der Waals surface area contributed by atoms with Crippen LogP contribution in [-0.2, 0) is 0 Å². The molecule has 466 valence electrons. The van der Waals surface area contributed by atoms with Crippen LogP contribution in [0.25, 0.3) is 11.1 Å². The van der Waals surface area contributed by atoms with Gasteiger partial charge in [-0.2, -0.15) is 0 Å². The summed E-state index contributed by atoms with van der Waals surface area (Å²) in [6.45, 7) is 19.3. The Morgan fingerprint density at radius 3 is 0.946 bits per heavy atom. The van der Waals surface area contributed by atoms with Crippen LogP contribution in [-0.4, -0.2) is 69.5 Å². The second kappa shape index (κ2) is 26.8. The fraction of sp³-hybridized carbons (Fsp3) is 0.300. The average molecular weight is 1230 g/mol. The molecule has 0 aliphatic carbocycles. The third kappa shape index (κ3) is 12.5. The number of anilines is 2. The summed E-state index contributed by atoms with van der Waals surface area (Å²) in [7, 11) is 0. The Kier molecular flexibility index (Phi) is 18.7. The number of fused-ring (bicyclic) bond motifs is 4. The van der Waals surface area contributed by atoms with E-state index >= 15 is 17.3 Å². The van der Waals surface area contributed by atoms with E-state index in [4.69, 9.17) is 0 Å². The molecule has 0 amide bonds. The quantitative estimate of drug-likeness (QED) is 0.0547. The predicted octanol–water partition coefficient (Wildman–Crippen LogP) is 17.8. The van der Waals surface area contributed by atoms with Crippen LogP contribution in [0.3, 0.4) is 0 Å². The van der Waals surface area contributed by atoms with Crippen molar-refractivity contribution in [2.45, 2.75) is 134 Å². The molecule has 92 heavy (non-hydrogen) atoms. The zero-order valence-electron chi connectivity index (χ0n) is 55.5. The van der Waals surface area contributed by atoms with Gasteiger partial charge < -0.3 is 45.0 Å². The lowest BCUT2D eigenvalue weighted by atomic mass is 9.83. The fourth-order valence-electron chi connectivity index (χ4n) is 13.8. The molecule has 2 aromatic heterocycles. The fourth-order valence-corrected chi connectivity index (χ4v) is 13.8. The average Bonchev–Trinajstić information content (AvgIpc) is 1.52. The van der Waals surface area contributed by atoms with E-state index < -0.39 is 13.9 Å². The SMILES string of the molecule is CCCCN(CCCC)c1ccc(C#Cc2cc(C#Cc3ccc(C4=C5C(C)=CC(C)=[N+]5[B-](F)(F)n5c(C)cc(C)c54)cc3)c(C#Cc3ccc(N(CCCC)CCCC)cc3)cc2C#Cc2ccc(C3=C4C(C)=CC(C)=[N+]4[B-](F)(F)n4c(C)cc(C)c43)cc2)cc1. The first-order chi connectivity index (χ1) is 44.3. The molecule has 12 heteroatoms.